The van der Waals surface area contributed by atoms with Gasteiger partial charge in [-0.05, 0) is 66.0 Å². The molecule has 2 amide bonds. The number of aryl methyl sites for hydroxylation is 1. The summed E-state index contributed by atoms with van der Waals surface area (Å²) in [5, 5.41) is 0. The molecule has 2 N–H and O–H groups in total. The lowest BCUT2D eigenvalue weighted by atomic mass is 9.79. The second-order valence-electron chi connectivity index (χ2n) is 7.31. The molecule has 4 rings (SSSR count). The molecule has 2 aliphatic rings. The Balaban J connectivity index is 1.76. The van der Waals surface area contributed by atoms with Gasteiger partial charge in [0.15, 0.2) is 0 Å². The Labute approximate surface area is 153 Å². The predicted molar refractivity (Wildman–Crippen MR) is 101 cm³/mol. The van der Waals surface area contributed by atoms with Crippen molar-refractivity contribution in [2.45, 2.75) is 44.4 Å². The number of fused-ring (bicyclic) bond motifs is 2. The molecule has 1 aromatic carbocycles. The molecule has 0 saturated carbocycles. The number of aromatic nitrogens is 1. The number of benzene rings is 1. The van der Waals surface area contributed by atoms with Crippen LogP contribution in [-0.2, 0) is 22.4 Å². The molecule has 0 spiro atoms. The van der Waals surface area contributed by atoms with E-state index in [2.05, 4.69) is 17.1 Å². The first-order valence-electron chi connectivity index (χ1n) is 9.19. The summed E-state index contributed by atoms with van der Waals surface area (Å²) in [6.07, 6.45) is 8.58. The van der Waals surface area contributed by atoms with Gasteiger partial charge in [-0.3, -0.25) is 14.6 Å². The van der Waals surface area contributed by atoms with E-state index in [0.717, 1.165) is 48.1 Å². The van der Waals surface area contributed by atoms with Crippen molar-refractivity contribution in [1.29, 1.82) is 0 Å². The molecule has 1 aromatic heterocycles. The molecular weight excluding hydrogens is 326 g/mol. The monoisotopic (exact) mass is 349 g/mol. The van der Waals surface area contributed by atoms with Gasteiger partial charge in [-0.2, -0.15) is 0 Å². The first kappa shape index (κ1) is 16.8. The highest BCUT2D eigenvalue weighted by Crippen LogP contribution is 2.39. The smallest absolute Gasteiger partial charge is 0.227 e. The third kappa shape index (κ3) is 2.87. The van der Waals surface area contributed by atoms with Crippen LogP contribution in [0, 0.1) is 0 Å². The number of amides is 2. The van der Waals surface area contributed by atoms with Crippen LogP contribution in [0.3, 0.4) is 0 Å². The standard InChI is InChI=1S/C21H23N3O2/c1-24-19-7-5-14(9-15(19)6-8-21(24)26)18-12-23-11-17-13(10-20(22)25)3-2-4-16(17)18/h5,7,9,11-13H,2-4,6,8,10H2,1H3,(H2,22,25)/t13-/m1/s1. The molecule has 1 aliphatic heterocycles. The minimum absolute atomic E-state index is 0.165. The fourth-order valence-corrected chi connectivity index (χ4v) is 4.34. The molecule has 5 heteroatoms. The Kier molecular flexibility index (Phi) is 4.23. The Morgan fingerprint density at radius 1 is 1.27 bits per heavy atom. The zero-order chi connectivity index (χ0) is 18.3. The maximum Gasteiger partial charge on any atom is 0.227 e. The summed E-state index contributed by atoms with van der Waals surface area (Å²) in [5.41, 5.74) is 12.4. The molecule has 0 saturated heterocycles. The average molecular weight is 349 g/mol. The molecule has 2 heterocycles. The average Bonchev–Trinajstić information content (AvgIpc) is 2.64. The maximum absolute atomic E-state index is 11.9. The van der Waals surface area contributed by atoms with Crippen molar-refractivity contribution >= 4 is 17.5 Å². The molecule has 134 valence electrons. The second kappa shape index (κ2) is 6.56. The summed E-state index contributed by atoms with van der Waals surface area (Å²) in [4.78, 5) is 29.5. The van der Waals surface area contributed by atoms with Crippen molar-refractivity contribution in [3.8, 4) is 11.1 Å². The third-order valence-electron chi connectivity index (χ3n) is 5.69. The van der Waals surface area contributed by atoms with Gasteiger partial charge in [-0.25, -0.2) is 0 Å². The molecule has 2 aromatic rings. The normalized spacial score (nSPS) is 19.0. The van der Waals surface area contributed by atoms with E-state index in [9.17, 15) is 9.59 Å². The van der Waals surface area contributed by atoms with E-state index in [1.165, 1.54) is 11.1 Å². The lowest BCUT2D eigenvalue weighted by molar-refractivity contribution is -0.119. The van der Waals surface area contributed by atoms with Gasteiger partial charge in [0.25, 0.3) is 0 Å². The van der Waals surface area contributed by atoms with Crippen LogP contribution in [0.2, 0.25) is 0 Å². The molecule has 0 fully saturated rings. The number of rotatable bonds is 3. The molecule has 0 radical (unpaired) electrons. The van der Waals surface area contributed by atoms with E-state index in [1.54, 1.807) is 4.90 Å². The van der Waals surface area contributed by atoms with Gasteiger partial charge in [0.05, 0.1) is 0 Å². The maximum atomic E-state index is 11.9. The topological polar surface area (TPSA) is 76.3 Å². The fourth-order valence-electron chi connectivity index (χ4n) is 4.34. The molecule has 26 heavy (non-hydrogen) atoms. The highest BCUT2D eigenvalue weighted by atomic mass is 16.2. The van der Waals surface area contributed by atoms with Crippen LogP contribution in [0.4, 0.5) is 5.69 Å². The van der Waals surface area contributed by atoms with Crippen molar-refractivity contribution in [2.75, 3.05) is 11.9 Å². The van der Waals surface area contributed by atoms with Gasteiger partial charge in [-0.15, -0.1) is 0 Å². The first-order valence-corrected chi connectivity index (χ1v) is 9.19. The number of carbonyl (C=O) groups is 2. The van der Waals surface area contributed by atoms with Gasteiger partial charge in [-0.1, -0.05) is 6.07 Å². The number of pyridine rings is 1. The Morgan fingerprint density at radius 2 is 2.12 bits per heavy atom. The summed E-state index contributed by atoms with van der Waals surface area (Å²) in [6.45, 7) is 0. The number of hydrogen-bond acceptors (Lipinski definition) is 3. The highest BCUT2D eigenvalue weighted by Gasteiger charge is 2.26. The summed E-state index contributed by atoms with van der Waals surface area (Å²) >= 11 is 0. The quantitative estimate of drug-likeness (QED) is 0.925. The SMILES string of the molecule is CN1C(=O)CCc2cc(-c3cncc4c3CCC[C@@H]4CC(N)=O)ccc21. The zero-order valence-corrected chi connectivity index (χ0v) is 15.0. The molecule has 1 aliphatic carbocycles. The predicted octanol–water partition coefficient (Wildman–Crippen LogP) is 2.95. The van der Waals surface area contributed by atoms with Crippen molar-refractivity contribution < 1.29 is 9.59 Å². The van der Waals surface area contributed by atoms with Crippen LogP contribution in [0.15, 0.2) is 30.6 Å². The minimum Gasteiger partial charge on any atom is -0.370 e. The Morgan fingerprint density at radius 3 is 2.92 bits per heavy atom. The number of primary amides is 1. The molecule has 0 bridgehead atoms. The van der Waals surface area contributed by atoms with Gasteiger partial charge in [0.1, 0.15) is 0 Å². The van der Waals surface area contributed by atoms with E-state index in [0.29, 0.717) is 12.8 Å². The van der Waals surface area contributed by atoms with Crippen LogP contribution in [0.1, 0.15) is 48.3 Å². The number of carbonyl (C=O) groups excluding carboxylic acids is 2. The molecule has 0 unspecified atom stereocenters. The number of hydrogen-bond donors (Lipinski definition) is 1. The summed E-state index contributed by atoms with van der Waals surface area (Å²) < 4.78 is 0. The van der Waals surface area contributed by atoms with Crippen LogP contribution < -0.4 is 10.6 Å². The van der Waals surface area contributed by atoms with Crippen LogP contribution >= 0.6 is 0 Å². The Hall–Kier alpha value is -2.69. The lowest BCUT2D eigenvalue weighted by Gasteiger charge is -2.28. The molecular formula is C21H23N3O2. The fraction of sp³-hybridized carbons (Fsp3) is 0.381. The van der Waals surface area contributed by atoms with E-state index in [4.69, 9.17) is 5.73 Å². The van der Waals surface area contributed by atoms with Crippen molar-refractivity contribution in [3.05, 3.63) is 47.3 Å². The number of anilines is 1. The van der Waals surface area contributed by atoms with E-state index in [-0.39, 0.29) is 17.7 Å². The molecule has 5 nitrogen and oxygen atoms in total. The molecule has 1 atom stereocenters. The lowest BCUT2D eigenvalue weighted by Crippen LogP contribution is -2.31. The third-order valence-corrected chi connectivity index (χ3v) is 5.69. The van der Waals surface area contributed by atoms with Gasteiger partial charge in [0, 0.05) is 43.5 Å². The van der Waals surface area contributed by atoms with Gasteiger partial charge in [0.2, 0.25) is 11.8 Å². The van der Waals surface area contributed by atoms with Crippen molar-refractivity contribution in [1.82, 2.24) is 4.98 Å². The van der Waals surface area contributed by atoms with Crippen molar-refractivity contribution in [3.63, 3.8) is 0 Å². The zero-order valence-electron chi connectivity index (χ0n) is 15.0. The van der Waals surface area contributed by atoms with Crippen LogP contribution in [-0.4, -0.2) is 23.8 Å². The van der Waals surface area contributed by atoms with E-state index >= 15 is 0 Å². The van der Waals surface area contributed by atoms with Crippen LogP contribution in [0.25, 0.3) is 11.1 Å². The first-order chi connectivity index (χ1) is 12.5. The van der Waals surface area contributed by atoms with Crippen LogP contribution in [0.5, 0.6) is 0 Å². The largest absolute Gasteiger partial charge is 0.370 e. The summed E-state index contributed by atoms with van der Waals surface area (Å²) in [7, 11) is 1.83. The minimum atomic E-state index is -0.255. The van der Waals surface area contributed by atoms with E-state index < -0.39 is 0 Å². The van der Waals surface area contributed by atoms with E-state index in [1.807, 2.05) is 25.5 Å². The summed E-state index contributed by atoms with van der Waals surface area (Å²) in [6, 6.07) is 6.29. The number of nitrogens with two attached hydrogens (primary N) is 1. The number of nitrogens with zero attached hydrogens (tertiary/aromatic N) is 2. The second-order valence-corrected chi connectivity index (χ2v) is 7.31. The van der Waals surface area contributed by atoms with Gasteiger partial charge >= 0.3 is 0 Å². The Bertz CT molecular complexity index is 891. The van der Waals surface area contributed by atoms with Crippen molar-refractivity contribution in [2.24, 2.45) is 5.73 Å². The van der Waals surface area contributed by atoms with Gasteiger partial charge < -0.3 is 10.6 Å². The summed E-state index contributed by atoms with van der Waals surface area (Å²) in [5.74, 6) is 0.0816. The highest BCUT2D eigenvalue weighted by molar-refractivity contribution is 5.96.